The zero-order chi connectivity index (χ0) is 19.9. The summed E-state index contributed by atoms with van der Waals surface area (Å²) in [7, 11) is 1.90. The summed E-state index contributed by atoms with van der Waals surface area (Å²) >= 11 is 0. The number of aromatic nitrogens is 1. The van der Waals surface area contributed by atoms with Crippen molar-refractivity contribution < 1.29 is 4.52 Å². The van der Waals surface area contributed by atoms with Gasteiger partial charge >= 0.3 is 0 Å². The molecule has 7 heteroatoms. The van der Waals surface area contributed by atoms with Crippen LogP contribution in [0.5, 0.6) is 0 Å². The molecule has 0 bridgehead atoms. The van der Waals surface area contributed by atoms with E-state index in [1.165, 1.54) is 25.9 Å². The molecule has 1 aromatic heterocycles. The van der Waals surface area contributed by atoms with Crippen molar-refractivity contribution in [3.63, 3.8) is 0 Å². The van der Waals surface area contributed by atoms with Crippen LogP contribution in [0.1, 0.15) is 39.3 Å². The number of nitrogens with zero attached hydrogens (tertiary/aromatic N) is 5. The van der Waals surface area contributed by atoms with Gasteiger partial charge in [0.1, 0.15) is 6.26 Å². The first-order valence-electron chi connectivity index (χ1n) is 10.9. The summed E-state index contributed by atoms with van der Waals surface area (Å²) in [5.41, 5.74) is 1.01. The van der Waals surface area contributed by atoms with Gasteiger partial charge in [0.15, 0.2) is 5.96 Å². The summed E-state index contributed by atoms with van der Waals surface area (Å²) in [6.45, 7) is 15.4. The van der Waals surface area contributed by atoms with E-state index in [0.717, 1.165) is 56.8 Å². The van der Waals surface area contributed by atoms with Crippen molar-refractivity contribution in [1.82, 2.24) is 25.2 Å². The van der Waals surface area contributed by atoms with Crippen LogP contribution in [0.3, 0.4) is 0 Å². The van der Waals surface area contributed by atoms with E-state index in [2.05, 4.69) is 50.9 Å². The van der Waals surface area contributed by atoms with Crippen molar-refractivity contribution in [3.8, 4) is 0 Å². The molecule has 0 amide bonds. The predicted octanol–water partition coefficient (Wildman–Crippen LogP) is 2.12. The van der Waals surface area contributed by atoms with Gasteiger partial charge in [-0.05, 0) is 37.8 Å². The molecule has 0 aliphatic carbocycles. The van der Waals surface area contributed by atoms with E-state index < -0.39 is 0 Å². The number of guanidine groups is 1. The van der Waals surface area contributed by atoms with Crippen molar-refractivity contribution in [1.29, 1.82) is 0 Å². The first-order chi connectivity index (χ1) is 13.6. The van der Waals surface area contributed by atoms with Gasteiger partial charge in [0.05, 0.1) is 5.69 Å². The monoisotopic (exact) mass is 390 g/mol. The van der Waals surface area contributed by atoms with Crippen molar-refractivity contribution in [2.24, 2.45) is 16.8 Å². The van der Waals surface area contributed by atoms with E-state index >= 15 is 0 Å². The molecule has 7 nitrogen and oxygen atoms in total. The van der Waals surface area contributed by atoms with Crippen LogP contribution >= 0.6 is 0 Å². The molecule has 0 radical (unpaired) electrons. The largest absolute Gasteiger partial charge is 0.364 e. The molecule has 158 valence electrons. The quantitative estimate of drug-likeness (QED) is 0.593. The fourth-order valence-corrected chi connectivity index (χ4v) is 4.34. The Morgan fingerprint density at radius 3 is 2.50 bits per heavy atom. The SMILES string of the molecule is CN=C(NCC(C(C)C)N1CCC(C)CC1)N1CCN(Cc2ccon2)CC1. The molecule has 3 heterocycles. The lowest BCUT2D eigenvalue weighted by Crippen LogP contribution is -2.55. The van der Waals surface area contributed by atoms with Crippen LogP contribution in [0.25, 0.3) is 0 Å². The van der Waals surface area contributed by atoms with E-state index in [1.807, 2.05) is 13.1 Å². The van der Waals surface area contributed by atoms with Gasteiger partial charge < -0.3 is 14.7 Å². The minimum absolute atomic E-state index is 0.567. The van der Waals surface area contributed by atoms with Gasteiger partial charge in [-0.25, -0.2) is 0 Å². The van der Waals surface area contributed by atoms with Crippen molar-refractivity contribution in [2.75, 3.05) is 52.9 Å². The maximum atomic E-state index is 4.94. The van der Waals surface area contributed by atoms with Crippen LogP contribution in [-0.2, 0) is 6.54 Å². The number of aliphatic imine (C=N–C) groups is 1. The number of rotatable bonds is 6. The molecule has 1 N–H and O–H groups in total. The van der Waals surface area contributed by atoms with Gasteiger partial charge in [0, 0.05) is 58.4 Å². The Morgan fingerprint density at radius 2 is 1.93 bits per heavy atom. The van der Waals surface area contributed by atoms with Crippen LogP contribution in [0.2, 0.25) is 0 Å². The fourth-order valence-electron chi connectivity index (χ4n) is 4.34. The highest BCUT2D eigenvalue weighted by atomic mass is 16.5. The van der Waals surface area contributed by atoms with Crippen molar-refractivity contribution in [2.45, 2.75) is 46.2 Å². The molecule has 2 saturated heterocycles. The highest BCUT2D eigenvalue weighted by Gasteiger charge is 2.27. The van der Waals surface area contributed by atoms with E-state index in [-0.39, 0.29) is 0 Å². The second-order valence-corrected chi connectivity index (χ2v) is 8.71. The zero-order valence-electron chi connectivity index (χ0n) is 18.1. The Hall–Kier alpha value is -1.60. The summed E-state index contributed by atoms with van der Waals surface area (Å²) in [4.78, 5) is 12.1. The molecule has 1 atom stereocenters. The number of hydrogen-bond acceptors (Lipinski definition) is 5. The lowest BCUT2D eigenvalue weighted by atomic mass is 9.94. The van der Waals surface area contributed by atoms with Crippen LogP contribution < -0.4 is 5.32 Å². The Bertz CT molecular complexity index is 586. The van der Waals surface area contributed by atoms with Gasteiger partial charge in [-0.1, -0.05) is 25.9 Å². The lowest BCUT2D eigenvalue weighted by molar-refractivity contribution is 0.108. The van der Waals surface area contributed by atoms with Gasteiger partial charge in [-0.15, -0.1) is 0 Å². The standard InChI is InChI=1S/C21H38N6O/c1-17(2)20(26-8-5-18(3)6-9-26)15-23-21(22-4)27-12-10-25(11-13-27)16-19-7-14-28-24-19/h7,14,17-18,20H,5-6,8-13,15-16H2,1-4H3,(H,22,23). The molecule has 2 fully saturated rings. The number of piperazine rings is 1. The molecular weight excluding hydrogens is 352 g/mol. The molecular formula is C21H38N6O. The van der Waals surface area contributed by atoms with Crippen molar-refractivity contribution >= 4 is 5.96 Å². The van der Waals surface area contributed by atoms with Gasteiger partial charge in [0.25, 0.3) is 0 Å². The number of likely N-dealkylation sites (tertiary alicyclic amines) is 1. The first kappa shape index (κ1) is 21.1. The maximum Gasteiger partial charge on any atom is 0.193 e. The summed E-state index contributed by atoms with van der Waals surface area (Å²) in [6.07, 6.45) is 4.29. The third kappa shape index (κ3) is 5.70. The Labute approximate surface area is 170 Å². The summed E-state index contributed by atoms with van der Waals surface area (Å²) in [5.74, 6) is 2.55. The minimum atomic E-state index is 0.567. The Balaban J connectivity index is 1.47. The molecule has 28 heavy (non-hydrogen) atoms. The average Bonchev–Trinajstić information content (AvgIpc) is 3.20. The van der Waals surface area contributed by atoms with Gasteiger partial charge in [0.2, 0.25) is 0 Å². The second kappa shape index (κ2) is 10.3. The molecule has 0 spiro atoms. The van der Waals surface area contributed by atoms with Crippen molar-refractivity contribution in [3.05, 3.63) is 18.0 Å². The summed E-state index contributed by atoms with van der Waals surface area (Å²) in [6, 6.07) is 2.51. The summed E-state index contributed by atoms with van der Waals surface area (Å²) in [5, 5.41) is 7.70. The Morgan fingerprint density at radius 1 is 1.21 bits per heavy atom. The van der Waals surface area contributed by atoms with E-state index in [9.17, 15) is 0 Å². The molecule has 2 aliphatic heterocycles. The normalized spacial score (nSPS) is 22.0. The van der Waals surface area contributed by atoms with E-state index in [1.54, 1.807) is 6.26 Å². The molecule has 1 aromatic rings. The number of piperidine rings is 1. The smallest absolute Gasteiger partial charge is 0.193 e. The maximum absolute atomic E-state index is 4.94. The van der Waals surface area contributed by atoms with E-state index in [4.69, 9.17) is 4.52 Å². The average molecular weight is 391 g/mol. The highest BCUT2D eigenvalue weighted by molar-refractivity contribution is 5.80. The number of hydrogen-bond donors (Lipinski definition) is 1. The van der Waals surface area contributed by atoms with E-state index in [0.29, 0.717) is 12.0 Å². The summed E-state index contributed by atoms with van der Waals surface area (Å²) < 4.78 is 4.94. The zero-order valence-corrected chi connectivity index (χ0v) is 18.1. The first-order valence-corrected chi connectivity index (χ1v) is 10.9. The minimum Gasteiger partial charge on any atom is -0.364 e. The lowest BCUT2D eigenvalue weighted by Gasteiger charge is -2.40. The molecule has 1 unspecified atom stereocenters. The third-order valence-corrected chi connectivity index (χ3v) is 6.29. The highest BCUT2D eigenvalue weighted by Crippen LogP contribution is 2.21. The number of nitrogens with one attached hydrogen (secondary N) is 1. The molecule has 0 saturated carbocycles. The van der Waals surface area contributed by atoms with Crippen LogP contribution in [0.4, 0.5) is 0 Å². The fraction of sp³-hybridized carbons (Fsp3) is 0.810. The molecule has 0 aromatic carbocycles. The topological polar surface area (TPSA) is 60.1 Å². The van der Waals surface area contributed by atoms with Gasteiger partial charge in [-0.2, -0.15) is 0 Å². The molecule has 2 aliphatic rings. The third-order valence-electron chi connectivity index (χ3n) is 6.29. The molecule has 3 rings (SSSR count). The Kier molecular flexibility index (Phi) is 7.73. The predicted molar refractivity (Wildman–Crippen MR) is 113 cm³/mol. The second-order valence-electron chi connectivity index (χ2n) is 8.71. The van der Waals surface area contributed by atoms with Crippen LogP contribution in [0.15, 0.2) is 21.8 Å². The van der Waals surface area contributed by atoms with Crippen LogP contribution in [0, 0.1) is 11.8 Å². The van der Waals surface area contributed by atoms with Crippen LogP contribution in [-0.4, -0.2) is 84.7 Å². The van der Waals surface area contributed by atoms with Gasteiger partial charge in [-0.3, -0.25) is 14.8 Å².